The number of likely N-dealkylation sites (N-methyl/N-ethyl adjacent to an activating group) is 1. The van der Waals surface area contributed by atoms with E-state index in [1.165, 1.54) is 13.4 Å². The summed E-state index contributed by atoms with van der Waals surface area (Å²) < 4.78 is 0. The number of hydrogen-bond donors (Lipinski definition) is 2. The molecular formula is C6H8N4O2. The molecule has 2 heterocycles. The quantitative estimate of drug-likeness (QED) is 0.462. The van der Waals surface area contributed by atoms with Gasteiger partial charge in [0, 0.05) is 7.05 Å². The molecule has 0 radical (unpaired) electrons. The Bertz CT molecular complexity index is 275. The zero-order chi connectivity index (χ0) is 8.72. The fraction of sp³-hybridized carbons (Fsp3) is 0.500. The third-order valence-corrected chi connectivity index (χ3v) is 1.98. The molecule has 64 valence electrons. The van der Waals surface area contributed by atoms with Crippen LogP contribution in [0, 0.1) is 0 Å². The summed E-state index contributed by atoms with van der Waals surface area (Å²) in [5.41, 5.74) is 0. The molecule has 2 aliphatic rings. The van der Waals surface area contributed by atoms with Crippen LogP contribution in [0.15, 0.2) is 4.99 Å². The first-order valence-corrected chi connectivity index (χ1v) is 3.56. The van der Waals surface area contributed by atoms with Crippen LogP contribution in [0.2, 0.25) is 0 Å². The van der Waals surface area contributed by atoms with E-state index < -0.39 is 18.2 Å². The van der Waals surface area contributed by atoms with Crippen LogP contribution >= 0.6 is 0 Å². The molecule has 6 nitrogen and oxygen atoms in total. The largest absolute Gasteiger partial charge is 0.362 e. The SMILES string of the molecule is CN1C(=O)NC2N=CNC2C1=O. The van der Waals surface area contributed by atoms with Crippen molar-refractivity contribution < 1.29 is 9.59 Å². The lowest BCUT2D eigenvalue weighted by Gasteiger charge is -2.29. The van der Waals surface area contributed by atoms with Gasteiger partial charge in [-0.1, -0.05) is 0 Å². The summed E-state index contributed by atoms with van der Waals surface area (Å²) in [5.74, 6) is -0.249. The highest BCUT2D eigenvalue weighted by atomic mass is 16.2. The highest BCUT2D eigenvalue weighted by molar-refractivity contribution is 6.01. The predicted octanol–water partition coefficient (Wildman–Crippen LogP) is -1.51. The summed E-state index contributed by atoms with van der Waals surface area (Å²) in [5, 5.41) is 5.33. The minimum absolute atomic E-state index is 0.249. The number of aliphatic imine (C=N–C) groups is 1. The molecule has 2 atom stereocenters. The third-order valence-electron chi connectivity index (χ3n) is 1.98. The van der Waals surface area contributed by atoms with Crippen molar-refractivity contribution in [2.24, 2.45) is 4.99 Å². The second kappa shape index (κ2) is 2.20. The smallest absolute Gasteiger partial charge is 0.325 e. The van der Waals surface area contributed by atoms with E-state index >= 15 is 0 Å². The van der Waals surface area contributed by atoms with Gasteiger partial charge in [-0.3, -0.25) is 9.69 Å². The molecule has 1 saturated heterocycles. The molecule has 1 fully saturated rings. The van der Waals surface area contributed by atoms with E-state index in [1.54, 1.807) is 0 Å². The van der Waals surface area contributed by atoms with E-state index in [9.17, 15) is 9.59 Å². The van der Waals surface area contributed by atoms with Crippen LogP contribution in [-0.4, -0.2) is 42.4 Å². The normalized spacial score (nSPS) is 32.9. The standard InChI is InChI=1S/C6H8N4O2/c1-10-5(11)3-4(8-2-7-3)9-6(10)12/h2-4H,1H3,(H,7,8)(H,9,12). The van der Waals surface area contributed by atoms with Crippen LogP contribution in [0.1, 0.15) is 0 Å². The molecule has 2 rings (SSSR count). The zero-order valence-corrected chi connectivity index (χ0v) is 6.44. The summed E-state index contributed by atoms with van der Waals surface area (Å²) in [6.45, 7) is 0. The molecule has 6 heteroatoms. The molecule has 0 aromatic rings. The van der Waals surface area contributed by atoms with E-state index in [0.29, 0.717) is 0 Å². The number of imide groups is 1. The fourth-order valence-corrected chi connectivity index (χ4v) is 1.24. The van der Waals surface area contributed by atoms with Crippen molar-refractivity contribution in [3.63, 3.8) is 0 Å². The Kier molecular flexibility index (Phi) is 1.30. The molecule has 12 heavy (non-hydrogen) atoms. The number of urea groups is 1. The van der Waals surface area contributed by atoms with Gasteiger partial charge in [0.05, 0.1) is 6.34 Å². The van der Waals surface area contributed by atoms with Crippen molar-refractivity contribution in [3.05, 3.63) is 0 Å². The first-order chi connectivity index (χ1) is 5.70. The Morgan fingerprint density at radius 1 is 1.58 bits per heavy atom. The van der Waals surface area contributed by atoms with Gasteiger partial charge < -0.3 is 10.6 Å². The maximum absolute atomic E-state index is 11.3. The summed E-state index contributed by atoms with van der Waals surface area (Å²) >= 11 is 0. The molecule has 0 aromatic heterocycles. The van der Waals surface area contributed by atoms with Crippen LogP contribution in [0.4, 0.5) is 4.79 Å². The van der Waals surface area contributed by atoms with Crippen LogP contribution in [0.3, 0.4) is 0 Å². The van der Waals surface area contributed by atoms with Crippen molar-refractivity contribution in [3.8, 4) is 0 Å². The lowest BCUT2D eigenvalue weighted by Crippen LogP contribution is -2.62. The van der Waals surface area contributed by atoms with Gasteiger partial charge in [-0.05, 0) is 0 Å². The van der Waals surface area contributed by atoms with Gasteiger partial charge in [-0.15, -0.1) is 0 Å². The fourth-order valence-electron chi connectivity index (χ4n) is 1.24. The Labute approximate surface area is 68.6 Å². The topological polar surface area (TPSA) is 73.8 Å². The first kappa shape index (κ1) is 7.08. The van der Waals surface area contributed by atoms with Crippen LogP contribution < -0.4 is 10.6 Å². The lowest BCUT2D eigenvalue weighted by molar-refractivity contribution is -0.130. The number of rotatable bonds is 0. The Morgan fingerprint density at radius 2 is 2.33 bits per heavy atom. The Morgan fingerprint density at radius 3 is 3.08 bits per heavy atom. The predicted molar refractivity (Wildman–Crippen MR) is 40.5 cm³/mol. The molecule has 0 spiro atoms. The summed E-state index contributed by atoms with van der Waals surface area (Å²) in [7, 11) is 1.44. The highest BCUT2D eigenvalue weighted by Crippen LogP contribution is 2.10. The first-order valence-electron chi connectivity index (χ1n) is 3.56. The van der Waals surface area contributed by atoms with Gasteiger partial charge in [0.25, 0.3) is 5.91 Å². The Balaban J connectivity index is 2.25. The number of carbonyl (C=O) groups is 2. The Hall–Kier alpha value is -1.59. The molecule has 2 N–H and O–H groups in total. The molecule has 3 amide bonds. The summed E-state index contributed by atoms with van der Waals surface area (Å²) in [6.07, 6.45) is 1.01. The lowest BCUT2D eigenvalue weighted by atomic mass is 10.2. The molecule has 0 aliphatic carbocycles. The molecule has 2 unspecified atom stereocenters. The van der Waals surface area contributed by atoms with Gasteiger partial charge in [0.15, 0.2) is 6.17 Å². The minimum Gasteiger partial charge on any atom is -0.362 e. The van der Waals surface area contributed by atoms with Crippen LogP contribution in [-0.2, 0) is 4.79 Å². The summed E-state index contributed by atoms with van der Waals surface area (Å²) in [4.78, 5) is 27.3. The summed E-state index contributed by atoms with van der Waals surface area (Å²) in [6, 6.07) is -0.824. The second-order valence-electron chi connectivity index (χ2n) is 2.71. The monoisotopic (exact) mass is 168 g/mol. The maximum atomic E-state index is 11.3. The van der Waals surface area contributed by atoms with Crippen molar-refractivity contribution >= 4 is 18.3 Å². The maximum Gasteiger partial charge on any atom is 0.325 e. The number of nitrogens with zero attached hydrogens (tertiary/aromatic N) is 2. The minimum atomic E-state index is -0.429. The van der Waals surface area contributed by atoms with Crippen molar-refractivity contribution in [1.82, 2.24) is 15.5 Å². The van der Waals surface area contributed by atoms with E-state index in [-0.39, 0.29) is 5.91 Å². The van der Waals surface area contributed by atoms with Gasteiger partial charge in [0.1, 0.15) is 6.04 Å². The van der Waals surface area contributed by atoms with Crippen molar-refractivity contribution in [2.75, 3.05) is 7.05 Å². The van der Waals surface area contributed by atoms with Crippen molar-refractivity contribution in [2.45, 2.75) is 12.2 Å². The van der Waals surface area contributed by atoms with E-state index in [1.807, 2.05) is 0 Å². The van der Waals surface area contributed by atoms with Gasteiger partial charge in [0.2, 0.25) is 0 Å². The average molecular weight is 168 g/mol. The van der Waals surface area contributed by atoms with E-state index in [4.69, 9.17) is 0 Å². The van der Waals surface area contributed by atoms with Crippen LogP contribution in [0.5, 0.6) is 0 Å². The van der Waals surface area contributed by atoms with Crippen molar-refractivity contribution in [1.29, 1.82) is 0 Å². The average Bonchev–Trinajstić information content (AvgIpc) is 2.48. The molecule has 2 aliphatic heterocycles. The molecular weight excluding hydrogens is 160 g/mol. The number of carbonyl (C=O) groups excluding carboxylic acids is 2. The number of amides is 3. The van der Waals surface area contributed by atoms with Gasteiger partial charge >= 0.3 is 6.03 Å². The zero-order valence-electron chi connectivity index (χ0n) is 6.44. The molecule has 0 aromatic carbocycles. The third kappa shape index (κ3) is 0.775. The number of fused-ring (bicyclic) bond motifs is 1. The molecule has 0 bridgehead atoms. The number of hydrogen-bond acceptors (Lipinski definition) is 4. The second-order valence-corrected chi connectivity index (χ2v) is 2.71. The molecule has 0 saturated carbocycles. The van der Waals surface area contributed by atoms with Crippen LogP contribution in [0.25, 0.3) is 0 Å². The highest BCUT2D eigenvalue weighted by Gasteiger charge is 2.40. The number of nitrogens with one attached hydrogen (secondary N) is 2. The van der Waals surface area contributed by atoms with Gasteiger partial charge in [-0.25, -0.2) is 9.79 Å². The van der Waals surface area contributed by atoms with E-state index in [2.05, 4.69) is 15.6 Å². The van der Waals surface area contributed by atoms with E-state index in [0.717, 1.165) is 4.90 Å². The van der Waals surface area contributed by atoms with Gasteiger partial charge in [-0.2, -0.15) is 0 Å².